The largest absolute Gasteiger partial charge is 0.490 e. The van der Waals surface area contributed by atoms with Crippen molar-refractivity contribution in [1.82, 2.24) is 4.90 Å². The van der Waals surface area contributed by atoms with E-state index in [-0.39, 0.29) is 5.78 Å². The Hall–Kier alpha value is -0.860. The Balaban J connectivity index is 1.74. The van der Waals surface area contributed by atoms with Crippen LogP contribution in [0.5, 0.6) is 5.75 Å². The van der Waals surface area contributed by atoms with Crippen molar-refractivity contribution in [3.63, 3.8) is 0 Å². The molecule has 1 fully saturated rings. The van der Waals surface area contributed by atoms with E-state index in [4.69, 9.17) is 9.47 Å². The van der Waals surface area contributed by atoms with E-state index in [1.165, 1.54) is 0 Å². The van der Waals surface area contributed by atoms with E-state index < -0.39 is 4.75 Å². The number of thioether (sulfide) groups is 1. The van der Waals surface area contributed by atoms with Crippen molar-refractivity contribution in [2.45, 2.75) is 16.6 Å². The molecule has 2 aliphatic heterocycles. The Bertz CT molecular complexity index is 887. The molecule has 1 atom stereocenters. The number of benzene rings is 2. The van der Waals surface area contributed by atoms with Crippen LogP contribution in [0.2, 0.25) is 0 Å². The first-order valence-corrected chi connectivity index (χ1v) is 11.6. The summed E-state index contributed by atoms with van der Waals surface area (Å²) in [6.45, 7) is 6.04. The summed E-state index contributed by atoms with van der Waals surface area (Å²) in [5.41, 5.74) is 1.66. The summed E-state index contributed by atoms with van der Waals surface area (Å²) in [6, 6.07) is 12.0. The van der Waals surface area contributed by atoms with Crippen molar-refractivity contribution in [2.75, 3.05) is 39.5 Å². The molecule has 2 aliphatic rings. The van der Waals surface area contributed by atoms with Gasteiger partial charge in [0.25, 0.3) is 0 Å². The number of carbonyl (C=O) groups is 1. The fraction of sp³-hybridized carbons (Fsp3) is 0.381. The van der Waals surface area contributed by atoms with Gasteiger partial charge in [-0.15, -0.1) is 11.8 Å². The first-order chi connectivity index (χ1) is 13.5. The van der Waals surface area contributed by atoms with Gasteiger partial charge >= 0.3 is 0 Å². The summed E-state index contributed by atoms with van der Waals surface area (Å²) in [6.07, 6.45) is 0. The minimum Gasteiger partial charge on any atom is -0.490 e. The highest BCUT2D eigenvalue weighted by Crippen LogP contribution is 2.46. The monoisotopic (exact) mass is 525 g/mol. The fourth-order valence-corrected chi connectivity index (χ4v) is 6.11. The number of hydrogen-bond acceptors (Lipinski definition) is 5. The Labute approximate surface area is 186 Å². The summed E-state index contributed by atoms with van der Waals surface area (Å²) in [4.78, 5) is 17.2. The number of carbonyl (C=O) groups excluding carboxylic acids is 1. The van der Waals surface area contributed by atoms with Crippen molar-refractivity contribution in [2.24, 2.45) is 0 Å². The van der Waals surface area contributed by atoms with Crippen LogP contribution < -0.4 is 4.74 Å². The third kappa shape index (κ3) is 3.92. The summed E-state index contributed by atoms with van der Waals surface area (Å²) in [7, 11) is 0. The third-order valence-corrected chi connectivity index (χ3v) is 8.26. The number of Topliss-reactive ketones (excluding diaryl/α,β-unsaturated/α-hetero) is 1. The molecule has 0 radical (unpaired) electrons. The molecule has 0 aromatic heterocycles. The summed E-state index contributed by atoms with van der Waals surface area (Å²) < 4.78 is 12.8. The molecule has 7 heteroatoms. The number of nitrogens with zero attached hydrogens (tertiary/aromatic N) is 1. The van der Waals surface area contributed by atoms with Crippen LogP contribution in [0.15, 0.2) is 50.2 Å². The highest BCUT2D eigenvalue weighted by atomic mass is 79.9. The van der Waals surface area contributed by atoms with Gasteiger partial charge in [-0.05, 0) is 46.6 Å². The first-order valence-electron chi connectivity index (χ1n) is 9.20. The van der Waals surface area contributed by atoms with Crippen LogP contribution in [0, 0.1) is 6.92 Å². The molecule has 2 heterocycles. The smallest absolute Gasteiger partial charge is 0.187 e. The summed E-state index contributed by atoms with van der Waals surface area (Å²) in [5, 5.41) is 0. The molecular formula is C21H21Br2NO3S. The van der Waals surface area contributed by atoms with Crippen molar-refractivity contribution in [1.29, 1.82) is 0 Å². The lowest BCUT2D eigenvalue weighted by Gasteiger charge is -2.40. The van der Waals surface area contributed by atoms with E-state index in [1.807, 2.05) is 31.2 Å². The van der Waals surface area contributed by atoms with E-state index in [0.717, 1.165) is 32.5 Å². The second kappa shape index (κ2) is 8.48. The number of hydrogen-bond donors (Lipinski definition) is 0. The lowest BCUT2D eigenvalue weighted by molar-refractivity contribution is 0.0287. The molecule has 0 N–H and O–H groups in total. The minimum absolute atomic E-state index is 0.121. The fourth-order valence-electron chi connectivity index (χ4n) is 3.56. The van der Waals surface area contributed by atoms with Crippen molar-refractivity contribution in [3.8, 4) is 5.75 Å². The van der Waals surface area contributed by atoms with E-state index >= 15 is 0 Å². The normalized spacial score (nSPS) is 22.6. The van der Waals surface area contributed by atoms with E-state index in [2.05, 4.69) is 48.9 Å². The zero-order chi connectivity index (χ0) is 19.7. The van der Waals surface area contributed by atoms with Crippen molar-refractivity contribution in [3.05, 3.63) is 56.5 Å². The van der Waals surface area contributed by atoms with Crippen LogP contribution >= 0.6 is 43.6 Å². The molecule has 0 aliphatic carbocycles. The highest BCUT2D eigenvalue weighted by Gasteiger charge is 2.47. The van der Waals surface area contributed by atoms with Crippen LogP contribution in [0.25, 0.3) is 0 Å². The van der Waals surface area contributed by atoms with Crippen LogP contribution in [0.3, 0.4) is 0 Å². The molecule has 0 spiro atoms. The Morgan fingerprint density at radius 2 is 1.89 bits per heavy atom. The van der Waals surface area contributed by atoms with Crippen LogP contribution in [-0.4, -0.2) is 54.9 Å². The SMILES string of the molecule is Cc1c(Br)cc2c(c1Br)OCC(CN1CCOCC1)(Sc1ccccc1)C2=O. The molecule has 2 aromatic carbocycles. The standard InChI is InChI=1S/C21H21Br2NO3S/c1-14-17(22)11-16-19(18(14)23)27-13-21(20(16)25,12-24-7-9-26-10-8-24)28-15-5-3-2-4-6-15/h2-6,11H,7-10,12-13H2,1H3. The van der Waals surface area contributed by atoms with E-state index in [1.54, 1.807) is 11.8 Å². The predicted molar refractivity (Wildman–Crippen MR) is 119 cm³/mol. The van der Waals surface area contributed by atoms with Crippen LogP contribution in [0.4, 0.5) is 0 Å². The number of rotatable bonds is 4. The molecule has 0 saturated carbocycles. The Kier molecular flexibility index (Phi) is 6.18. The molecule has 148 valence electrons. The second-order valence-corrected chi connectivity index (χ2v) is 10.2. The molecule has 4 nitrogen and oxygen atoms in total. The third-order valence-electron chi connectivity index (χ3n) is 5.15. The van der Waals surface area contributed by atoms with Crippen LogP contribution in [0.1, 0.15) is 15.9 Å². The molecule has 0 amide bonds. The molecule has 4 rings (SSSR count). The quantitative estimate of drug-likeness (QED) is 0.563. The topological polar surface area (TPSA) is 38.8 Å². The van der Waals surface area contributed by atoms with Gasteiger partial charge in [-0.25, -0.2) is 0 Å². The van der Waals surface area contributed by atoms with Gasteiger partial charge in [0.1, 0.15) is 17.1 Å². The number of ether oxygens (including phenoxy) is 2. The second-order valence-electron chi connectivity index (χ2n) is 7.09. The zero-order valence-corrected chi connectivity index (χ0v) is 19.5. The zero-order valence-electron chi connectivity index (χ0n) is 15.5. The van der Waals surface area contributed by atoms with Gasteiger partial charge in [0, 0.05) is 29.0 Å². The average Bonchev–Trinajstić information content (AvgIpc) is 2.71. The van der Waals surface area contributed by atoms with Gasteiger partial charge in [0.2, 0.25) is 0 Å². The molecule has 28 heavy (non-hydrogen) atoms. The summed E-state index contributed by atoms with van der Waals surface area (Å²) in [5.74, 6) is 0.771. The lowest BCUT2D eigenvalue weighted by Crippen LogP contribution is -2.54. The number of fused-ring (bicyclic) bond motifs is 1. The Morgan fingerprint density at radius 1 is 1.18 bits per heavy atom. The minimum atomic E-state index is -0.695. The van der Waals surface area contributed by atoms with Gasteiger partial charge in [0.05, 0.1) is 23.2 Å². The average molecular weight is 527 g/mol. The van der Waals surface area contributed by atoms with Crippen molar-refractivity contribution < 1.29 is 14.3 Å². The lowest BCUT2D eigenvalue weighted by atomic mass is 9.92. The summed E-state index contributed by atoms with van der Waals surface area (Å²) >= 11 is 8.80. The molecular weight excluding hydrogens is 506 g/mol. The molecule has 2 aromatic rings. The number of halogens is 2. The molecule has 1 unspecified atom stereocenters. The van der Waals surface area contributed by atoms with Crippen molar-refractivity contribution >= 4 is 49.4 Å². The Morgan fingerprint density at radius 3 is 2.61 bits per heavy atom. The number of morpholine rings is 1. The first kappa shape index (κ1) is 20.4. The van der Waals surface area contributed by atoms with Crippen LogP contribution in [-0.2, 0) is 4.74 Å². The van der Waals surface area contributed by atoms with Gasteiger partial charge < -0.3 is 9.47 Å². The highest BCUT2D eigenvalue weighted by molar-refractivity contribution is 9.11. The van der Waals surface area contributed by atoms with Gasteiger partial charge in [-0.1, -0.05) is 34.1 Å². The van der Waals surface area contributed by atoms with Gasteiger partial charge in [-0.2, -0.15) is 0 Å². The maximum atomic E-state index is 13.8. The maximum absolute atomic E-state index is 13.8. The van der Waals surface area contributed by atoms with E-state index in [0.29, 0.717) is 37.7 Å². The maximum Gasteiger partial charge on any atom is 0.187 e. The van der Waals surface area contributed by atoms with Gasteiger partial charge in [0.15, 0.2) is 5.78 Å². The predicted octanol–water partition coefficient (Wildman–Crippen LogP) is 4.96. The molecule has 0 bridgehead atoms. The number of ketones is 1. The molecule has 1 saturated heterocycles. The van der Waals surface area contributed by atoms with Gasteiger partial charge in [-0.3, -0.25) is 9.69 Å². The van der Waals surface area contributed by atoms with E-state index in [9.17, 15) is 4.79 Å².